The van der Waals surface area contributed by atoms with E-state index in [0.29, 0.717) is 22.1 Å². The third kappa shape index (κ3) is 5.50. The molecular formula is C28H33ClF3N3O3. The first-order valence-electron chi connectivity index (χ1n) is 12.7. The number of hydrogen-bond donors (Lipinski definition) is 1. The van der Waals surface area contributed by atoms with Crippen molar-refractivity contribution in [3.63, 3.8) is 0 Å². The summed E-state index contributed by atoms with van der Waals surface area (Å²) in [6, 6.07) is 10.8. The van der Waals surface area contributed by atoms with Gasteiger partial charge in [0.1, 0.15) is 0 Å². The normalized spacial score (nSPS) is 18.6. The van der Waals surface area contributed by atoms with Crippen LogP contribution < -0.4 is 4.90 Å². The molecule has 0 aliphatic carbocycles. The fourth-order valence-electron chi connectivity index (χ4n) is 5.41. The summed E-state index contributed by atoms with van der Waals surface area (Å²) in [4.78, 5) is 29.9. The van der Waals surface area contributed by atoms with Gasteiger partial charge in [0.05, 0.1) is 10.6 Å². The second kappa shape index (κ2) is 10.8. The van der Waals surface area contributed by atoms with E-state index in [1.807, 2.05) is 12.1 Å². The Balaban J connectivity index is 1.31. The molecule has 38 heavy (non-hydrogen) atoms. The molecule has 0 saturated carbocycles. The van der Waals surface area contributed by atoms with E-state index in [9.17, 15) is 27.9 Å². The Hall–Kier alpha value is -2.78. The molecule has 2 aliphatic heterocycles. The number of carbonyl (C=O) groups excluding carboxylic acids is 2. The van der Waals surface area contributed by atoms with E-state index in [1.54, 1.807) is 33.2 Å². The second-order valence-electron chi connectivity index (χ2n) is 10.7. The average molecular weight is 552 g/mol. The molecule has 0 radical (unpaired) electrons. The van der Waals surface area contributed by atoms with Gasteiger partial charge in [0.25, 0.3) is 17.4 Å². The van der Waals surface area contributed by atoms with E-state index in [4.69, 9.17) is 11.6 Å². The molecule has 1 unspecified atom stereocenters. The number of aryl methyl sites for hydroxylation is 1. The molecule has 0 spiro atoms. The molecule has 2 fully saturated rings. The molecule has 1 N–H and O–H groups in total. The summed E-state index contributed by atoms with van der Waals surface area (Å²) >= 11 is 6.36. The van der Waals surface area contributed by atoms with E-state index >= 15 is 0 Å². The molecule has 2 saturated heterocycles. The standard InChI is InChI=1S/C28H33ClF3N3O3/c1-18-5-4-6-21(13-18)27(38,28(30,31)32)26(37)35-16-20(17-35)14-19-9-11-34(12-10-19)22-7-8-23(24(29)15-22)25(36)33(2)3/h4-8,13,15,19-20,38H,9-12,14,16-17H2,1-3H3. The highest BCUT2D eigenvalue weighted by atomic mass is 35.5. The number of carbonyl (C=O) groups is 2. The zero-order valence-corrected chi connectivity index (χ0v) is 22.5. The number of amides is 2. The summed E-state index contributed by atoms with van der Waals surface area (Å²) in [5, 5.41) is 11.0. The fourth-order valence-corrected chi connectivity index (χ4v) is 5.66. The molecule has 6 nitrogen and oxygen atoms in total. The number of piperidine rings is 1. The lowest BCUT2D eigenvalue weighted by Crippen LogP contribution is -2.61. The quantitative estimate of drug-likeness (QED) is 0.557. The van der Waals surface area contributed by atoms with E-state index in [0.717, 1.165) is 49.0 Å². The zero-order chi connectivity index (χ0) is 27.8. The summed E-state index contributed by atoms with van der Waals surface area (Å²) in [5.74, 6) is -0.955. The van der Waals surface area contributed by atoms with E-state index < -0.39 is 23.2 Å². The molecule has 2 aromatic carbocycles. The SMILES string of the molecule is Cc1cccc(C(O)(C(=O)N2CC(CC3CCN(c4ccc(C(=O)N(C)C)c(Cl)c4)CC3)C2)C(F)(F)F)c1. The van der Waals surface area contributed by atoms with Crippen LogP contribution in [-0.4, -0.2) is 73.2 Å². The van der Waals surface area contributed by atoms with Gasteiger partial charge >= 0.3 is 6.18 Å². The van der Waals surface area contributed by atoms with Gasteiger partial charge in [-0.05, 0) is 56.2 Å². The van der Waals surface area contributed by atoms with Crippen LogP contribution >= 0.6 is 11.6 Å². The Bertz CT molecular complexity index is 1190. The predicted molar refractivity (Wildman–Crippen MR) is 140 cm³/mol. The van der Waals surface area contributed by atoms with Crippen LogP contribution in [0.2, 0.25) is 5.02 Å². The van der Waals surface area contributed by atoms with Crippen molar-refractivity contribution in [3.05, 3.63) is 64.2 Å². The second-order valence-corrected chi connectivity index (χ2v) is 11.1. The van der Waals surface area contributed by atoms with Crippen molar-refractivity contribution in [1.82, 2.24) is 9.80 Å². The molecule has 2 aromatic rings. The minimum absolute atomic E-state index is 0.108. The molecule has 0 aromatic heterocycles. The number of anilines is 1. The van der Waals surface area contributed by atoms with Crippen LogP contribution in [0.1, 0.15) is 40.7 Å². The molecular weight excluding hydrogens is 519 g/mol. The summed E-state index contributed by atoms with van der Waals surface area (Å²) in [6.07, 6.45) is -2.48. The van der Waals surface area contributed by atoms with Gasteiger partial charge in [0.2, 0.25) is 0 Å². The maximum atomic E-state index is 13.9. The number of alkyl halides is 3. The van der Waals surface area contributed by atoms with Crippen molar-refractivity contribution >= 4 is 29.1 Å². The highest BCUT2D eigenvalue weighted by Crippen LogP contribution is 2.42. The van der Waals surface area contributed by atoms with Gasteiger partial charge in [0, 0.05) is 51.5 Å². The lowest BCUT2D eigenvalue weighted by molar-refractivity contribution is -0.264. The average Bonchev–Trinajstić information content (AvgIpc) is 2.84. The smallest absolute Gasteiger partial charge is 0.371 e. The Morgan fingerprint density at radius 1 is 1.05 bits per heavy atom. The topological polar surface area (TPSA) is 64.1 Å². The molecule has 10 heteroatoms. The van der Waals surface area contributed by atoms with Crippen LogP contribution in [0, 0.1) is 18.8 Å². The lowest BCUT2D eigenvalue weighted by Gasteiger charge is -2.45. The minimum atomic E-state index is -5.13. The summed E-state index contributed by atoms with van der Waals surface area (Å²) in [7, 11) is 3.35. The highest BCUT2D eigenvalue weighted by Gasteiger charge is 2.63. The Morgan fingerprint density at radius 2 is 1.71 bits per heavy atom. The Morgan fingerprint density at radius 3 is 2.26 bits per heavy atom. The van der Waals surface area contributed by atoms with Crippen molar-refractivity contribution in [3.8, 4) is 0 Å². The summed E-state index contributed by atoms with van der Waals surface area (Å²) in [6.45, 7) is 3.64. The first-order chi connectivity index (χ1) is 17.8. The van der Waals surface area contributed by atoms with Crippen LogP contribution in [-0.2, 0) is 10.4 Å². The van der Waals surface area contributed by atoms with Crippen molar-refractivity contribution in [2.24, 2.45) is 11.8 Å². The van der Waals surface area contributed by atoms with Gasteiger partial charge in [-0.1, -0.05) is 41.4 Å². The predicted octanol–water partition coefficient (Wildman–Crippen LogP) is 4.87. The number of nitrogens with zero attached hydrogens (tertiary/aromatic N) is 3. The number of rotatable bonds is 6. The molecule has 2 heterocycles. The van der Waals surface area contributed by atoms with Gasteiger partial charge in [-0.15, -0.1) is 0 Å². The Kier molecular flexibility index (Phi) is 8.00. The van der Waals surface area contributed by atoms with Crippen LogP contribution in [0.5, 0.6) is 0 Å². The molecule has 206 valence electrons. The molecule has 2 aliphatic rings. The van der Waals surface area contributed by atoms with Gasteiger partial charge < -0.3 is 19.8 Å². The zero-order valence-electron chi connectivity index (χ0n) is 21.8. The van der Waals surface area contributed by atoms with Gasteiger partial charge in [-0.25, -0.2) is 0 Å². The highest BCUT2D eigenvalue weighted by molar-refractivity contribution is 6.34. The molecule has 1 atom stereocenters. The van der Waals surface area contributed by atoms with Gasteiger partial charge in [0.15, 0.2) is 0 Å². The first kappa shape index (κ1) is 28.2. The minimum Gasteiger partial charge on any atom is -0.371 e. The fraction of sp³-hybridized carbons (Fsp3) is 0.500. The number of halogens is 4. The van der Waals surface area contributed by atoms with E-state index in [2.05, 4.69) is 4.90 Å². The lowest BCUT2D eigenvalue weighted by atomic mass is 9.82. The van der Waals surface area contributed by atoms with Crippen LogP contribution in [0.15, 0.2) is 42.5 Å². The van der Waals surface area contributed by atoms with Gasteiger partial charge in [-0.2, -0.15) is 13.2 Å². The van der Waals surface area contributed by atoms with Crippen LogP contribution in [0.4, 0.5) is 18.9 Å². The molecule has 2 amide bonds. The van der Waals surface area contributed by atoms with Crippen molar-refractivity contribution in [1.29, 1.82) is 0 Å². The van der Waals surface area contributed by atoms with Gasteiger partial charge in [-0.3, -0.25) is 9.59 Å². The number of aliphatic hydroxyl groups is 1. The Labute approximate surface area is 226 Å². The number of benzene rings is 2. The van der Waals surface area contributed by atoms with E-state index in [1.165, 1.54) is 17.0 Å². The number of likely N-dealkylation sites (tertiary alicyclic amines) is 1. The maximum absolute atomic E-state index is 13.9. The van der Waals surface area contributed by atoms with E-state index in [-0.39, 0.29) is 24.9 Å². The third-order valence-electron chi connectivity index (χ3n) is 7.64. The van der Waals surface area contributed by atoms with Crippen LogP contribution in [0.25, 0.3) is 0 Å². The van der Waals surface area contributed by atoms with Crippen LogP contribution in [0.3, 0.4) is 0 Å². The molecule has 4 rings (SSSR count). The van der Waals surface area contributed by atoms with Crippen molar-refractivity contribution in [2.45, 2.75) is 38.0 Å². The largest absolute Gasteiger partial charge is 0.430 e. The molecule has 0 bridgehead atoms. The van der Waals surface area contributed by atoms with Crippen molar-refractivity contribution < 1.29 is 27.9 Å². The summed E-state index contributed by atoms with van der Waals surface area (Å²) in [5.41, 5.74) is -2.06. The number of hydrogen-bond acceptors (Lipinski definition) is 4. The summed E-state index contributed by atoms with van der Waals surface area (Å²) < 4.78 is 41.8. The first-order valence-corrected chi connectivity index (χ1v) is 13.1. The monoisotopic (exact) mass is 551 g/mol. The maximum Gasteiger partial charge on any atom is 0.430 e. The van der Waals surface area contributed by atoms with Crippen molar-refractivity contribution in [2.75, 3.05) is 45.2 Å². The third-order valence-corrected chi connectivity index (χ3v) is 7.95.